The number of fused-ring (bicyclic) bond motifs is 1. The Morgan fingerprint density at radius 2 is 2.04 bits per heavy atom. The van der Waals surface area contributed by atoms with Crippen LogP contribution in [-0.2, 0) is 14.5 Å². The molecule has 0 fully saturated rings. The first kappa shape index (κ1) is 20.1. The number of hydrogen-bond acceptors (Lipinski definition) is 6. The summed E-state index contributed by atoms with van der Waals surface area (Å²) in [6, 6.07) is 13.3. The van der Waals surface area contributed by atoms with Crippen molar-refractivity contribution in [3.8, 4) is 11.5 Å². The summed E-state index contributed by atoms with van der Waals surface area (Å²) in [7, 11) is 1.62. The van der Waals surface area contributed by atoms with Crippen molar-refractivity contribution in [2.45, 2.75) is 37.0 Å². The normalized spacial score (nSPS) is 14.6. The van der Waals surface area contributed by atoms with Crippen LogP contribution in [0.25, 0.3) is 0 Å². The summed E-state index contributed by atoms with van der Waals surface area (Å²) >= 11 is 1.16. The van der Waals surface area contributed by atoms with Gasteiger partial charge in [-0.1, -0.05) is 17.3 Å². The molecule has 1 aliphatic heterocycles. The number of nitrogens with one attached hydrogen (secondary N) is 1. The molecule has 6 nitrogen and oxygen atoms in total. The summed E-state index contributed by atoms with van der Waals surface area (Å²) in [6.07, 6.45) is 3.27. The zero-order valence-electron chi connectivity index (χ0n) is 16.2. The molecular formula is C21H24N2O4S. The van der Waals surface area contributed by atoms with Crippen molar-refractivity contribution in [2.24, 2.45) is 5.16 Å². The fourth-order valence-corrected chi connectivity index (χ4v) is 3.39. The second-order valence-electron chi connectivity index (χ2n) is 6.87. The van der Waals surface area contributed by atoms with Gasteiger partial charge in [0.15, 0.2) is 0 Å². The monoisotopic (exact) mass is 400 g/mol. The fourth-order valence-electron chi connectivity index (χ4n) is 2.84. The van der Waals surface area contributed by atoms with E-state index in [4.69, 9.17) is 13.8 Å². The minimum Gasteiger partial charge on any atom is -0.495 e. The van der Waals surface area contributed by atoms with E-state index in [9.17, 15) is 4.79 Å². The first-order valence-corrected chi connectivity index (χ1v) is 9.84. The van der Waals surface area contributed by atoms with Crippen LogP contribution in [-0.4, -0.2) is 25.8 Å². The van der Waals surface area contributed by atoms with E-state index in [-0.39, 0.29) is 5.91 Å². The van der Waals surface area contributed by atoms with Gasteiger partial charge in [0.1, 0.15) is 23.5 Å². The molecule has 28 heavy (non-hydrogen) atoms. The van der Waals surface area contributed by atoms with Crippen LogP contribution >= 0.6 is 12.0 Å². The van der Waals surface area contributed by atoms with E-state index < -0.39 is 5.41 Å². The third-order valence-electron chi connectivity index (χ3n) is 4.54. The molecule has 0 aromatic heterocycles. The number of carbonyl (C=O) groups is 1. The van der Waals surface area contributed by atoms with E-state index in [2.05, 4.69) is 10.5 Å². The van der Waals surface area contributed by atoms with E-state index in [0.717, 1.165) is 52.5 Å². The second-order valence-corrected chi connectivity index (χ2v) is 7.63. The van der Waals surface area contributed by atoms with Crippen LogP contribution in [0.1, 0.15) is 32.3 Å². The molecule has 0 atom stereocenters. The lowest BCUT2D eigenvalue weighted by Gasteiger charge is -2.16. The highest BCUT2D eigenvalue weighted by Crippen LogP contribution is 2.39. The number of amides is 1. The third kappa shape index (κ3) is 4.59. The molecule has 0 saturated carbocycles. The Kier molecular flexibility index (Phi) is 6.46. The highest BCUT2D eigenvalue weighted by Gasteiger charge is 2.38. The standard InChI is InChI=1S/C21H24N2O4S/c1-21(2)16-14-15(10-11-17(16)23-20(21)24)26-13-7-6-12-22-27-28-19-9-5-4-8-18(19)25-3/h4-5,8-12,14H,6-7,13H2,1-3H3,(H,23,24). The second kappa shape index (κ2) is 9.01. The van der Waals surface area contributed by atoms with Crippen LogP contribution in [0.2, 0.25) is 0 Å². The summed E-state index contributed by atoms with van der Waals surface area (Å²) in [5.41, 5.74) is 1.30. The summed E-state index contributed by atoms with van der Waals surface area (Å²) < 4.78 is 16.3. The molecule has 0 bridgehead atoms. The zero-order valence-corrected chi connectivity index (χ0v) is 17.0. The predicted octanol–water partition coefficient (Wildman–Crippen LogP) is 4.79. The van der Waals surface area contributed by atoms with Gasteiger partial charge in [0.2, 0.25) is 5.91 Å². The number of anilines is 1. The number of nitrogens with zero attached hydrogens (tertiary/aromatic N) is 1. The summed E-state index contributed by atoms with van der Waals surface area (Å²) in [4.78, 5) is 12.9. The van der Waals surface area contributed by atoms with E-state index in [0.29, 0.717) is 6.61 Å². The molecule has 1 heterocycles. The Labute approximate surface area is 169 Å². The number of unbranched alkanes of at least 4 members (excludes halogenated alkanes) is 1. The van der Waals surface area contributed by atoms with Gasteiger partial charge in [-0.15, -0.1) is 0 Å². The maximum Gasteiger partial charge on any atom is 0.234 e. The number of carbonyl (C=O) groups excluding carboxylic acids is 1. The zero-order chi connectivity index (χ0) is 20.0. The average Bonchev–Trinajstić information content (AvgIpc) is 2.93. The van der Waals surface area contributed by atoms with Crippen molar-refractivity contribution in [1.29, 1.82) is 0 Å². The molecule has 1 N–H and O–H groups in total. The van der Waals surface area contributed by atoms with Gasteiger partial charge in [0, 0.05) is 11.9 Å². The highest BCUT2D eigenvalue weighted by molar-refractivity contribution is 7.94. The van der Waals surface area contributed by atoms with Gasteiger partial charge in [-0.25, -0.2) is 0 Å². The summed E-state index contributed by atoms with van der Waals surface area (Å²) in [5.74, 6) is 1.54. The van der Waals surface area contributed by atoms with Crippen molar-refractivity contribution in [3.63, 3.8) is 0 Å². The van der Waals surface area contributed by atoms with Crippen molar-refractivity contribution >= 4 is 29.9 Å². The number of ether oxygens (including phenoxy) is 2. The van der Waals surface area contributed by atoms with Gasteiger partial charge in [0.25, 0.3) is 0 Å². The molecular weight excluding hydrogens is 376 g/mol. The number of para-hydroxylation sites is 1. The molecule has 0 spiro atoms. The average molecular weight is 401 g/mol. The number of rotatable bonds is 9. The fraction of sp³-hybridized carbons (Fsp3) is 0.333. The Morgan fingerprint density at radius 3 is 2.86 bits per heavy atom. The van der Waals surface area contributed by atoms with E-state index in [1.54, 1.807) is 13.3 Å². The topological polar surface area (TPSA) is 69.1 Å². The molecule has 0 aliphatic carbocycles. The lowest BCUT2D eigenvalue weighted by atomic mass is 9.86. The minimum atomic E-state index is -0.530. The first-order valence-electron chi connectivity index (χ1n) is 9.09. The summed E-state index contributed by atoms with van der Waals surface area (Å²) in [5, 5.41) is 6.84. The van der Waals surface area contributed by atoms with Gasteiger partial charge < -0.3 is 19.1 Å². The molecule has 3 rings (SSSR count). The molecule has 0 radical (unpaired) electrons. The molecule has 7 heteroatoms. The van der Waals surface area contributed by atoms with Crippen molar-refractivity contribution < 1.29 is 18.6 Å². The summed E-state index contributed by atoms with van der Waals surface area (Å²) in [6.45, 7) is 4.39. The molecule has 0 unspecified atom stereocenters. The van der Waals surface area contributed by atoms with E-state index in [1.807, 2.05) is 56.3 Å². The Hall–Kier alpha value is -2.67. The Balaban J connectivity index is 1.38. The molecule has 1 aliphatic rings. The van der Waals surface area contributed by atoms with Gasteiger partial charge in [-0.05, 0) is 62.6 Å². The lowest BCUT2D eigenvalue weighted by molar-refractivity contribution is -0.119. The molecule has 2 aromatic carbocycles. The van der Waals surface area contributed by atoms with Crippen LogP contribution < -0.4 is 14.8 Å². The first-order chi connectivity index (χ1) is 13.5. The van der Waals surface area contributed by atoms with Crippen molar-refractivity contribution in [1.82, 2.24) is 0 Å². The maximum absolute atomic E-state index is 12.0. The molecule has 0 saturated heterocycles. The minimum absolute atomic E-state index is 0.0156. The van der Waals surface area contributed by atoms with E-state index >= 15 is 0 Å². The molecule has 148 valence electrons. The smallest absolute Gasteiger partial charge is 0.234 e. The predicted molar refractivity (Wildman–Crippen MR) is 111 cm³/mol. The molecule has 1 amide bonds. The number of oxime groups is 1. The van der Waals surface area contributed by atoms with Crippen LogP contribution in [0, 0.1) is 0 Å². The van der Waals surface area contributed by atoms with Crippen LogP contribution in [0.4, 0.5) is 5.69 Å². The number of methoxy groups -OCH3 is 1. The number of benzene rings is 2. The van der Waals surface area contributed by atoms with E-state index in [1.165, 1.54) is 0 Å². The van der Waals surface area contributed by atoms with Crippen LogP contribution in [0.3, 0.4) is 0 Å². The van der Waals surface area contributed by atoms with Gasteiger partial charge in [0.05, 0.1) is 24.0 Å². The van der Waals surface area contributed by atoms with Gasteiger partial charge in [-0.2, -0.15) is 0 Å². The quantitative estimate of drug-likeness (QED) is 0.284. The SMILES string of the molecule is COc1ccccc1SON=CCCCOc1ccc2c(c1)C(C)(C)C(=O)N2. The maximum atomic E-state index is 12.0. The van der Waals surface area contributed by atoms with Crippen LogP contribution in [0.5, 0.6) is 11.5 Å². The largest absolute Gasteiger partial charge is 0.495 e. The third-order valence-corrected chi connectivity index (χ3v) is 5.22. The van der Waals surface area contributed by atoms with Crippen molar-refractivity contribution in [2.75, 3.05) is 19.0 Å². The Morgan fingerprint density at radius 1 is 1.21 bits per heavy atom. The Bertz CT molecular complexity index is 867. The lowest BCUT2D eigenvalue weighted by Crippen LogP contribution is -2.26. The van der Waals surface area contributed by atoms with Crippen molar-refractivity contribution in [3.05, 3.63) is 48.0 Å². The number of hydrogen-bond donors (Lipinski definition) is 1. The van der Waals surface area contributed by atoms with Gasteiger partial charge in [-0.3, -0.25) is 4.79 Å². The molecule has 2 aromatic rings. The van der Waals surface area contributed by atoms with Gasteiger partial charge >= 0.3 is 0 Å². The van der Waals surface area contributed by atoms with Crippen LogP contribution in [0.15, 0.2) is 52.5 Å². The highest BCUT2D eigenvalue weighted by atomic mass is 32.2.